The lowest BCUT2D eigenvalue weighted by atomic mass is 10.1. The Labute approximate surface area is 155 Å². The maximum atomic E-state index is 5.94. The normalized spacial score (nSPS) is 12.1. The fraction of sp³-hybridized carbons (Fsp3) is 0.318. The second-order valence-corrected chi connectivity index (χ2v) is 6.34. The van der Waals surface area contributed by atoms with Crippen molar-refractivity contribution in [3.63, 3.8) is 0 Å². The molecule has 1 unspecified atom stereocenters. The highest BCUT2D eigenvalue weighted by Gasteiger charge is 2.11. The van der Waals surface area contributed by atoms with Crippen molar-refractivity contribution in [1.82, 2.24) is 10.3 Å². The van der Waals surface area contributed by atoms with Crippen LogP contribution < -0.4 is 10.1 Å². The molecule has 3 rings (SSSR count). The summed E-state index contributed by atoms with van der Waals surface area (Å²) >= 11 is 0. The zero-order valence-corrected chi connectivity index (χ0v) is 15.7. The lowest BCUT2D eigenvalue weighted by Gasteiger charge is -2.14. The van der Waals surface area contributed by atoms with Gasteiger partial charge < -0.3 is 14.5 Å². The molecule has 136 valence electrons. The van der Waals surface area contributed by atoms with E-state index in [0.29, 0.717) is 18.5 Å². The smallest absolute Gasteiger partial charge is 0.226 e. The van der Waals surface area contributed by atoms with Crippen LogP contribution in [-0.4, -0.2) is 18.1 Å². The van der Waals surface area contributed by atoms with E-state index < -0.39 is 0 Å². The SMILES string of the molecule is CCNC(C)c1cccc(OCCc2nc(-c3ccccc3)oc2C)c1. The molecule has 4 nitrogen and oxygen atoms in total. The van der Waals surface area contributed by atoms with Crippen molar-refractivity contribution < 1.29 is 9.15 Å². The number of ether oxygens (including phenoxy) is 1. The lowest BCUT2D eigenvalue weighted by molar-refractivity contribution is 0.319. The van der Waals surface area contributed by atoms with Gasteiger partial charge in [-0.25, -0.2) is 4.98 Å². The van der Waals surface area contributed by atoms with E-state index in [1.807, 2.05) is 49.4 Å². The summed E-state index contributed by atoms with van der Waals surface area (Å²) in [7, 11) is 0. The first kappa shape index (κ1) is 18.2. The predicted octanol–water partition coefficient (Wildman–Crippen LogP) is 4.94. The molecule has 0 radical (unpaired) electrons. The van der Waals surface area contributed by atoms with Crippen LogP contribution in [0.25, 0.3) is 11.5 Å². The molecular formula is C22H26N2O2. The highest BCUT2D eigenvalue weighted by atomic mass is 16.5. The Morgan fingerprint density at radius 1 is 1.12 bits per heavy atom. The van der Waals surface area contributed by atoms with Crippen LogP contribution in [0.5, 0.6) is 5.75 Å². The molecule has 0 saturated heterocycles. The Bertz CT molecular complexity index is 827. The van der Waals surface area contributed by atoms with E-state index in [9.17, 15) is 0 Å². The number of nitrogens with zero attached hydrogens (tertiary/aromatic N) is 1. The third-order valence-corrected chi connectivity index (χ3v) is 4.39. The Hall–Kier alpha value is -2.59. The topological polar surface area (TPSA) is 47.3 Å². The summed E-state index contributed by atoms with van der Waals surface area (Å²) in [6, 6.07) is 18.5. The number of aryl methyl sites for hydroxylation is 1. The number of oxazole rings is 1. The van der Waals surface area contributed by atoms with Crippen molar-refractivity contribution in [2.45, 2.75) is 33.2 Å². The third-order valence-electron chi connectivity index (χ3n) is 4.39. The zero-order valence-electron chi connectivity index (χ0n) is 15.7. The predicted molar refractivity (Wildman–Crippen MR) is 104 cm³/mol. The van der Waals surface area contributed by atoms with Crippen LogP contribution in [0.4, 0.5) is 0 Å². The fourth-order valence-corrected chi connectivity index (χ4v) is 2.93. The van der Waals surface area contributed by atoms with E-state index in [0.717, 1.165) is 35.7 Å². The van der Waals surface area contributed by atoms with Crippen molar-refractivity contribution in [1.29, 1.82) is 0 Å². The van der Waals surface area contributed by atoms with Crippen LogP contribution in [0.15, 0.2) is 59.0 Å². The van der Waals surface area contributed by atoms with Gasteiger partial charge in [-0.3, -0.25) is 0 Å². The van der Waals surface area contributed by atoms with Gasteiger partial charge in [0.05, 0.1) is 12.3 Å². The highest BCUT2D eigenvalue weighted by molar-refractivity contribution is 5.53. The summed E-state index contributed by atoms with van der Waals surface area (Å²) in [5, 5.41) is 3.42. The molecule has 26 heavy (non-hydrogen) atoms. The number of nitrogens with one attached hydrogen (secondary N) is 1. The van der Waals surface area contributed by atoms with Gasteiger partial charge in [0.2, 0.25) is 5.89 Å². The van der Waals surface area contributed by atoms with Crippen molar-refractivity contribution in [2.75, 3.05) is 13.2 Å². The molecule has 0 saturated carbocycles. The molecule has 0 fully saturated rings. The van der Waals surface area contributed by atoms with Crippen LogP contribution >= 0.6 is 0 Å². The van der Waals surface area contributed by atoms with Gasteiger partial charge >= 0.3 is 0 Å². The molecule has 0 spiro atoms. The van der Waals surface area contributed by atoms with Crippen LogP contribution in [0, 0.1) is 6.92 Å². The lowest BCUT2D eigenvalue weighted by Crippen LogP contribution is -2.17. The summed E-state index contributed by atoms with van der Waals surface area (Å²) in [6.45, 7) is 7.74. The molecule has 1 heterocycles. The maximum Gasteiger partial charge on any atom is 0.226 e. The van der Waals surface area contributed by atoms with Gasteiger partial charge in [0.25, 0.3) is 0 Å². The molecule has 4 heteroatoms. The van der Waals surface area contributed by atoms with E-state index in [-0.39, 0.29) is 0 Å². The largest absolute Gasteiger partial charge is 0.493 e. The number of rotatable bonds is 8. The van der Waals surface area contributed by atoms with Crippen molar-refractivity contribution in [2.24, 2.45) is 0 Å². The fourth-order valence-electron chi connectivity index (χ4n) is 2.93. The molecule has 0 aliphatic heterocycles. The van der Waals surface area contributed by atoms with E-state index in [4.69, 9.17) is 9.15 Å². The molecule has 0 bridgehead atoms. The van der Waals surface area contributed by atoms with Gasteiger partial charge in [-0.2, -0.15) is 0 Å². The van der Waals surface area contributed by atoms with E-state index >= 15 is 0 Å². The number of hydrogen-bond acceptors (Lipinski definition) is 4. The number of aromatic nitrogens is 1. The van der Waals surface area contributed by atoms with E-state index in [1.165, 1.54) is 5.56 Å². The molecular weight excluding hydrogens is 324 g/mol. The molecule has 3 aromatic rings. The Balaban J connectivity index is 1.60. The Morgan fingerprint density at radius 2 is 1.92 bits per heavy atom. The molecule has 0 amide bonds. The van der Waals surface area contributed by atoms with Gasteiger partial charge in [-0.15, -0.1) is 0 Å². The first-order valence-corrected chi connectivity index (χ1v) is 9.15. The van der Waals surface area contributed by atoms with Gasteiger partial charge in [-0.05, 0) is 50.2 Å². The van der Waals surface area contributed by atoms with Crippen LogP contribution in [0.3, 0.4) is 0 Å². The average Bonchev–Trinajstić information content (AvgIpc) is 3.04. The summed E-state index contributed by atoms with van der Waals surface area (Å²) in [5.74, 6) is 2.40. The molecule has 0 aliphatic carbocycles. The van der Waals surface area contributed by atoms with Gasteiger partial charge in [0.15, 0.2) is 0 Å². The van der Waals surface area contributed by atoms with E-state index in [1.54, 1.807) is 0 Å². The standard InChI is InChI=1S/C22H26N2O2/c1-4-23-16(2)19-11-8-12-20(15-19)25-14-13-21-17(3)26-22(24-21)18-9-6-5-7-10-18/h5-12,15-16,23H,4,13-14H2,1-3H3. The van der Waals surface area contributed by atoms with Gasteiger partial charge in [0.1, 0.15) is 11.5 Å². The first-order chi connectivity index (χ1) is 12.7. The highest BCUT2D eigenvalue weighted by Crippen LogP contribution is 2.22. The summed E-state index contributed by atoms with van der Waals surface area (Å²) in [6.07, 6.45) is 0.717. The average molecular weight is 350 g/mol. The molecule has 1 atom stereocenters. The molecule has 2 aromatic carbocycles. The quantitative estimate of drug-likeness (QED) is 0.625. The molecule has 1 aromatic heterocycles. The van der Waals surface area contributed by atoms with E-state index in [2.05, 4.69) is 36.3 Å². The summed E-state index contributed by atoms with van der Waals surface area (Å²) in [4.78, 5) is 4.62. The van der Waals surface area contributed by atoms with Crippen LogP contribution in [-0.2, 0) is 6.42 Å². The Kier molecular flexibility index (Phi) is 6.08. The van der Waals surface area contributed by atoms with Crippen molar-refractivity contribution in [3.05, 3.63) is 71.6 Å². The zero-order chi connectivity index (χ0) is 18.4. The molecule has 0 aliphatic rings. The summed E-state index contributed by atoms with van der Waals surface area (Å²) in [5.41, 5.74) is 3.17. The second kappa shape index (κ2) is 8.68. The monoisotopic (exact) mass is 350 g/mol. The van der Waals surface area contributed by atoms with Crippen molar-refractivity contribution >= 4 is 0 Å². The van der Waals surface area contributed by atoms with Crippen molar-refractivity contribution in [3.8, 4) is 17.2 Å². The minimum Gasteiger partial charge on any atom is -0.493 e. The number of benzene rings is 2. The molecule has 1 N–H and O–H groups in total. The maximum absolute atomic E-state index is 5.94. The van der Waals surface area contributed by atoms with Crippen LogP contribution in [0.2, 0.25) is 0 Å². The van der Waals surface area contributed by atoms with Gasteiger partial charge in [0, 0.05) is 18.0 Å². The summed E-state index contributed by atoms with van der Waals surface area (Å²) < 4.78 is 11.7. The Morgan fingerprint density at radius 3 is 2.69 bits per heavy atom. The third kappa shape index (κ3) is 4.52. The first-order valence-electron chi connectivity index (χ1n) is 9.15. The minimum atomic E-state index is 0.315. The minimum absolute atomic E-state index is 0.315. The second-order valence-electron chi connectivity index (χ2n) is 6.34. The van der Waals surface area contributed by atoms with Crippen LogP contribution in [0.1, 0.15) is 36.9 Å². The van der Waals surface area contributed by atoms with Gasteiger partial charge in [-0.1, -0.05) is 37.3 Å². The number of hydrogen-bond donors (Lipinski definition) is 1.